The summed E-state index contributed by atoms with van der Waals surface area (Å²) in [4.78, 5) is 16.4. The summed E-state index contributed by atoms with van der Waals surface area (Å²) >= 11 is 3.27. The van der Waals surface area contributed by atoms with Gasteiger partial charge in [-0.05, 0) is 22.0 Å². The van der Waals surface area contributed by atoms with Crippen molar-refractivity contribution in [1.82, 2.24) is 9.88 Å². The van der Waals surface area contributed by atoms with E-state index in [0.29, 0.717) is 25.4 Å². The lowest BCUT2D eigenvalue weighted by atomic mass is 10.3. The summed E-state index contributed by atoms with van der Waals surface area (Å²) in [6.07, 6.45) is 1.70. The lowest BCUT2D eigenvalue weighted by molar-refractivity contribution is 0.0651. The summed E-state index contributed by atoms with van der Waals surface area (Å²) in [5, 5.41) is 8.88. The molecule has 1 rings (SSSR count). The normalized spacial score (nSPS) is 10.4. The molecule has 2 N–H and O–H groups in total. The molecule has 6 heteroatoms. The number of carbonyl (C=O) groups is 1. The van der Waals surface area contributed by atoms with E-state index in [-0.39, 0.29) is 12.5 Å². The molecule has 0 aliphatic heterocycles. The van der Waals surface area contributed by atoms with Crippen LogP contribution in [0.4, 0.5) is 0 Å². The third-order valence-corrected chi connectivity index (χ3v) is 2.56. The van der Waals surface area contributed by atoms with Gasteiger partial charge in [0.15, 0.2) is 0 Å². The monoisotopic (exact) mass is 290 g/mol. The van der Waals surface area contributed by atoms with Crippen LogP contribution in [-0.4, -0.2) is 54.3 Å². The molecule has 1 aromatic rings. The lowest BCUT2D eigenvalue weighted by Gasteiger charge is -2.20. The van der Waals surface area contributed by atoms with Crippen molar-refractivity contribution in [2.75, 3.05) is 33.4 Å². The Kier molecular flexibility index (Phi) is 5.51. The Hall–Kier alpha value is -0.850. The second-order valence-corrected chi connectivity index (χ2v) is 4.16. The van der Waals surface area contributed by atoms with Gasteiger partial charge in [0.2, 0.25) is 0 Å². The quantitative estimate of drug-likeness (QED) is 0.817. The second kappa shape index (κ2) is 6.67. The Morgan fingerprint density at radius 2 is 2.38 bits per heavy atom. The van der Waals surface area contributed by atoms with Crippen LogP contribution in [0, 0.1) is 0 Å². The van der Waals surface area contributed by atoms with Gasteiger partial charge in [-0.1, -0.05) is 0 Å². The number of hydrogen-bond donors (Lipinski definition) is 2. The van der Waals surface area contributed by atoms with Gasteiger partial charge < -0.3 is 19.7 Å². The number of halogens is 1. The van der Waals surface area contributed by atoms with Crippen LogP contribution >= 0.6 is 15.9 Å². The number of hydrogen-bond acceptors (Lipinski definition) is 3. The maximum absolute atomic E-state index is 12.0. The number of aliphatic hydroxyl groups excluding tert-OH is 1. The standard InChI is InChI=1S/C10H15BrN2O3/c1-16-5-3-13(2-4-14)10(15)9-6-8(11)7-12-9/h6-7,12,14H,2-5H2,1H3. The van der Waals surface area contributed by atoms with Gasteiger partial charge in [0, 0.05) is 30.9 Å². The molecule has 90 valence electrons. The van der Waals surface area contributed by atoms with Crippen molar-refractivity contribution in [3.8, 4) is 0 Å². The van der Waals surface area contributed by atoms with E-state index in [9.17, 15) is 4.79 Å². The fraction of sp³-hybridized carbons (Fsp3) is 0.500. The number of H-pyrrole nitrogens is 1. The molecular weight excluding hydrogens is 276 g/mol. The van der Waals surface area contributed by atoms with Gasteiger partial charge >= 0.3 is 0 Å². The molecule has 0 atom stereocenters. The molecule has 16 heavy (non-hydrogen) atoms. The lowest BCUT2D eigenvalue weighted by Crippen LogP contribution is -2.36. The molecule has 0 saturated carbocycles. The smallest absolute Gasteiger partial charge is 0.270 e. The van der Waals surface area contributed by atoms with E-state index < -0.39 is 0 Å². The van der Waals surface area contributed by atoms with Gasteiger partial charge in [-0.2, -0.15) is 0 Å². The first-order chi connectivity index (χ1) is 7.69. The van der Waals surface area contributed by atoms with Gasteiger partial charge in [0.1, 0.15) is 5.69 Å². The molecule has 0 spiro atoms. The zero-order valence-corrected chi connectivity index (χ0v) is 10.7. The first-order valence-electron chi connectivity index (χ1n) is 4.92. The van der Waals surface area contributed by atoms with Crippen molar-refractivity contribution in [2.45, 2.75) is 0 Å². The van der Waals surface area contributed by atoms with E-state index in [4.69, 9.17) is 9.84 Å². The Morgan fingerprint density at radius 3 is 2.88 bits per heavy atom. The van der Waals surface area contributed by atoms with Gasteiger partial charge in [0.05, 0.1) is 13.2 Å². The molecule has 0 aliphatic rings. The molecule has 0 radical (unpaired) electrons. The van der Waals surface area contributed by atoms with Crippen LogP contribution in [0.1, 0.15) is 10.5 Å². The molecule has 0 aromatic carbocycles. The van der Waals surface area contributed by atoms with Crippen molar-refractivity contribution in [1.29, 1.82) is 0 Å². The predicted octanol–water partition coefficient (Wildman–Crippen LogP) is 0.858. The Bertz CT molecular complexity index is 341. The van der Waals surface area contributed by atoms with Crippen molar-refractivity contribution in [2.24, 2.45) is 0 Å². The minimum atomic E-state index is -0.142. The minimum absolute atomic E-state index is 0.0582. The zero-order valence-electron chi connectivity index (χ0n) is 9.07. The number of ether oxygens (including phenoxy) is 1. The summed E-state index contributed by atoms with van der Waals surface area (Å²) in [7, 11) is 1.58. The van der Waals surface area contributed by atoms with E-state index in [1.807, 2.05) is 0 Å². The van der Waals surface area contributed by atoms with E-state index in [2.05, 4.69) is 20.9 Å². The van der Waals surface area contributed by atoms with E-state index in [0.717, 1.165) is 4.47 Å². The maximum Gasteiger partial charge on any atom is 0.270 e. The Labute approximate surface area is 103 Å². The number of nitrogens with one attached hydrogen (secondary N) is 1. The molecule has 5 nitrogen and oxygen atoms in total. The van der Waals surface area contributed by atoms with Crippen molar-refractivity contribution >= 4 is 21.8 Å². The summed E-state index contributed by atoms with van der Waals surface area (Å²) in [5.74, 6) is -0.142. The van der Waals surface area contributed by atoms with Gasteiger partial charge in [-0.25, -0.2) is 0 Å². The van der Waals surface area contributed by atoms with Crippen LogP contribution in [0.15, 0.2) is 16.7 Å². The fourth-order valence-electron chi connectivity index (χ4n) is 1.30. The van der Waals surface area contributed by atoms with Crippen LogP contribution in [0.5, 0.6) is 0 Å². The zero-order chi connectivity index (χ0) is 12.0. The average Bonchev–Trinajstić information content (AvgIpc) is 2.70. The molecule has 1 amide bonds. The van der Waals surface area contributed by atoms with E-state index in [1.54, 1.807) is 24.3 Å². The van der Waals surface area contributed by atoms with Crippen molar-refractivity contribution in [3.63, 3.8) is 0 Å². The molecule has 0 saturated heterocycles. The number of aromatic amines is 1. The highest BCUT2D eigenvalue weighted by atomic mass is 79.9. The predicted molar refractivity (Wildman–Crippen MR) is 63.4 cm³/mol. The summed E-state index contributed by atoms with van der Waals surface area (Å²) in [6, 6.07) is 1.71. The summed E-state index contributed by atoms with van der Waals surface area (Å²) in [6.45, 7) is 1.16. The van der Waals surface area contributed by atoms with E-state index in [1.165, 1.54) is 0 Å². The largest absolute Gasteiger partial charge is 0.395 e. The van der Waals surface area contributed by atoms with Crippen LogP contribution in [0.3, 0.4) is 0 Å². The summed E-state index contributed by atoms with van der Waals surface area (Å²) in [5.41, 5.74) is 0.497. The molecule has 0 unspecified atom stereocenters. The first-order valence-corrected chi connectivity index (χ1v) is 5.71. The van der Waals surface area contributed by atoms with Crippen LogP contribution in [-0.2, 0) is 4.74 Å². The van der Waals surface area contributed by atoms with Gasteiger partial charge in [0.25, 0.3) is 5.91 Å². The van der Waals surface area contributed by atoms with Crippen molar-refractivity contribution in [3.05, 3.63) is 22.4 Å². The SMILES string of the molecule is COCCN(CCO)C(=O)c1cc(Br)c[nH]1. The topological polar surface area (TPSA) is 65.6 Å². The molecule has 0 bridgehead atoms. The number of amides is 1. The molecule has 0 fully saturated rings. The highest BCUT2D eigenvalue weighted by molar-refractivity contribution is 9.10. The number of carbonyl (C=O) groups excluding carboxylic acids is 1. The number of nitrogens with zero attached hydrogens (tertiary/aromatic N) is 1. The molecule has 1 aromatic heterocycles. The number of aliphatic hydroxyl groups is 1. The van der Waals surface area contributed by atoms with Crippen LogP contribution in [0.25, 0.3) is 0 Å². The third kappa shape index (κ3) is 3.62. The Balaban J connectivity index is 2.66. The maximum atomic E-state index is 12.0. The second-order valence-electron chi connectivity index (χ2n) is 3.24. The highest BCUT2D eigenvalue weighted by Gasteiger charge is 2.16. The first kappa shape index (κ1) is 13.2. The molecule has 0 aliphatic carbocycles. The van der Waals surface area contributed by atoms with Crippen LogP contribution < -0.4 is 0 Å². The van der Waals surface area contributed by atoms with E-state index >= 15 is 0 Å². The summed E-state index contributed by atoms with van der Waals surface area (Å²) < 4.78 is 5.74. The Morgan fingerprint density at radius 1 is 1.62 bits per heavy atom. The number of rotatable bonds is 6. The molecule has 1 heterocycles. The third-order valence-electron chi connectivity index (χ3n) is 2.10. The van der Waals surface area contributed by atoms with Gasteiger partial charge in [-0.3, -0.25) is 4.79 Å². The average molecular weight is 291 g/mol. The van der Waals surface area contributed by atoms with Crippen molar-refractivity contribution < 1.29 is 14.6 Å². The fourth-order valence-corrected chi connectivity index (χ4v) is 1.64. The highest BCUT2D eigenvalue weighted by Crippen LogP contribution is 2.12. The van der Waals surface area contributed by atoms with Gasteiger partial charge in [-0.15, -0.1) is 0 Å². The minimum Gasteiger partial charge on any atom is -0.395 e. The number of aromatic nitrogens is 1. The van der Waals surface area contributed by atoms with Crippen LogP contribution in [0.2, 0.25) is 0 Å². The molecular formula is C10H15BrN2O3. The number of methoxy groups -OCH3 is 1.